The maximum absolute atomic E-state index is 11.3. The zero-order valence-corrected chi connectivity index (χ0v) is 9.34. The molecule has 0 N–H and O–H groups in total. The Kier molecular flexibility index (Phi) is 3.22. The van der Waals surface area contributed by atoms with Crippen molar-refractivity contribution in [2.24, 2.45) is 0 Å². The second kappa shape index (κ2) is 4.67. The second-order valence-corrected chi connectivity index (χ2v) is 4.11. The highest BCUT2D eigenvalue weighted by atomic mass is 16.7. The molecule has 0 radical (unpaired) electrons. The van der Waals surface area contributed by atoms with Gasteiger partial charge in [0.25, 0.3) is 0 Å². The maximum atomic E-state index is 11.3. The average Bonchev–Trinajstić information content (AvgIpc) is 2.79. The van der Waals surface area contributed by atoms with Crippen LogP contribution in [0.25, 0.3) is 0 Å². The topological polar surface area (TPSA) is 104 Å². The third-order valence-electron chi connectivity index (χ3n) is 2.83. The van der Waals surface area contributed by atoms with Crippen molar-refractivity contribution in [1.82, 2.24) is 0 Å². The fraction of sp³-hybridized carbons (Fsp3) is 0.545. The highest BCUT2D eigenvalue weighted by Gasteiger charge is 2.40. The van der Waals surface area contributed by atoms with Crippen LogP contribution in [0, 0.1) is 0 Å². The minimum atomic E-state index is -1.45. The van der Waals surface area contributed by atoms with Crippen LogP contribution < -0.4 is 0 Å². The van der Waals surface area contributed by atoms with Crippen molar-refractivity contribution in [2.75, 3.05) is 0 Å². The highest BCUT2D eigenvalue weighted by molar-refractivity contribution is 6.13. The van der Waals surface area contributed by atoms with Gasteiger partial charge in [-0.2, -0.15) is 0 Å². The van der Waals surface area contributed by atoms with Gasteiger partial charge in [0.05, 0.1) is 0 Å². The molecule has 0 amide bonds. The van der Waals surface area contributed by atoms with E-state index in [1.54, 1.807) is 0 Å². The summed E-state index contributed by atoms with van der Waals surface area (Å²) in [5.41, 5.74) is 0. The zero-order valence-electron chi connectivity index (χ0n) is 9.34. The Bertz CT molecular complexity index is 378. The lowest BCUT2D eigenvalue weighted by Crippen LogP contribution is -2.33. The maximum Gasteiger partial charge on any atom is 0.510 e. The Hall–Kier alpha value is -2.05. The first-order valence-corrected chi connectivity index (χ1v) is 5.47. The first kappa shape index (κ1) is 12.4. The predicted molar refractivity (Wildman–Crippen MR) is 53.6 cm³/mol. The third-order valence-corrected chi connectivity index (χ3v) is 2.83. The molecule has 2 aliphatic carbocycles. The van der Waals surface area contributed by atoms with Crippen molar-refractivity contribution in [1.29, 1.82) is 0 Å². The van der Waals surface area contributed by atoms with Crippen molar-refractivity contribution in [3.63, 3.8) is 0 Å². The van der Waals surface area contributed by atoms with Gasteiger partial charge in [-0.05, 0) is 0 Å². The van der Waals surface area contributed by atoms with E-state index in [9.17, 15) is 24.0 Å². The van der Waals surface area contributed by atoms with Crippen LogP contribution in [0.2, 0.25) is 0 Å². The molecule has 2 saturated carbocycles. The summed E-state index contributed by atoms with van der Waals surface area (Å²) in [6.45, 7) is 0. The molecule has 0 aromatic rings. The van der Waals surface area contributed by atoms with Crippen LogP contribution in [0.4, 0.5) is 4.79 Å². The first-order valence-electron chi connectivity index (χ1n) is 5.47. The van der Waals surface area contributed by atoms with E-state index < -0.39 is 41.5 Å². The summed E-state index contributed by atoms with van der Waals surface area (Å²) in [5, 5.41) is 0. The minimum Gasteiger partial charge on any atom is -0.415 e. The van der Waals surface area contributed by atoms with Gasteiger partial charge in [0.15, 0.2) is 23.1 Å². The van der Waals surface area contributed by atoms with Crippen LogP contribution in [0.15, 0.2) is 0 Å². The molecule has 2 fully saturated rings. The molecule has 7 nitrogen and oxygen atoms in total. The monoisotopic (exact) mass is 254 g/mol. The third kappa shape index (κ3) is 2.29. The summed E-state index contributed by atoms with van der Waals surface area (Å²) in [5.74, 6) is -2.00. The van der Waals surface area contributed by atoms with Crippen LogP contribution in [0.5, 0.6) is 0 Å². The quantitative estimate of drug-likeness (QED) is 0.494. The number of hydrogen-bond acceptors (Lipinski definition) is 7. The molecule has 96 valence electrons. The summed E-state index contributed by atoms with van der Waals surface area (Å²) >= 11 is 0. The molecule has 18 heavy (non-hydrogen) atoms. The average molecular weight is 254 g/mol. The van der Waals surface area contributed by atoms with E-state index in [0.29, 0.717) is 0 Å². The highest BCUT2D eigenvalue weighted by Crippen LogP contribution is 2.18. The van der Waals surface area contributed by atoms with E-state index in [2.05, 4.69) is 9.47 Å². The van der Waals surface area contributed by atoms with E-state index in [0.717, 1.165) is 0 Å². The summed E-state index contributed by atoms with van der Waals surface area (Å²) in [6.07, 6.45) is -4.14. The van der Waals surface area contributed by atoms with E-state index >= 15 is 0 Å². The van der Waals surface area contributed by atoms with Gasteiger partial charge in [-0.15, -0.1) is 0 Å². The van der Waals surface area contributed by atoms with Gasteiger partial charge in [-0.3, -0.25) is 19.2 Å². The van der Waals surface area contributed by atoms with E-state index in [4.69, 9.17) is 0 Å². The van der Waals surface area contributed by atoms with Crippen molar-refractivity contribution in [2.45, 2.75) is 37.9 Å². The van der Waals surface area contributed by atoms with Crippen molar-refractivity contribution >= 4 is 29.3 Å². The smallest absolute Gasteiger partial charge is 0.415 e. The number of Topliss-reactive ketones (excluding diaryl/α,β-unsaturated/α-hetero) is 4. The van der Waals surface area contributed by atoms with Gasteiger partial charge in [0.2, 0.25) is 12.2 Å². The second-order valence-electron chi connectivity index (χ2n) is 4.11. The molecule has 0 aromatic carbocycles. The van der Waals surface area contributed by atoms with Crippen LogP contribution in [-0.4, -0.2) is 41.5 Å². The number of carbonyl (C=O) groups is 5. The minimum absolute atomic E-state index is 0.0259. The number of ether oxygens (including phenoxy) is 2. The lowest BCUT2D eigenvalue weighted by atomic mass is 10.3. The fourth-order valence-corrected chi connectivity index (χ4v) is 1.86. The van der Waals surface area contributed by atoms with Gasteiger partial charge in [-0.1, -0.05) is 0 Å². The summed E-state index contributed by atoms with van der Waals surface area (Å²) in [6, 6.07) is 0. The van der Waals surface area contributed by atoms with Crippen molar-refractivity contribution in [3.8, 4) is 0 Å². The Balaban J connectivity index is 1.93. The molecule has 0 heterocycles. The Morgan fingerprint density at radius 2 is 1.00 bits per heavy atom. The SMILES string of the molecule is O=C(OC1C(=O)CCC1=O)OC1C(=O)CCC1=O. The molecule has 0 saturated heterocycles. The molecule has 0 unspecified atom stereocenters. The zero-order chi connectivity index (χ0) is 13.3. The van der Waals surface area contributed by atoms with E-state index in [1.165, 1.54) is 0 Å². The van der Waals surface area contributed by atoms with Crippen LogP contribution in [0.1, 0.15) is 25.7 Å². The van der Waals surface area contributed by atoms with Gasteiger partial charge >= 0.3 is 6.16 Å². The van der Waals surface area contributed by atoms with Crippen molar-refractivity contribution in [3.05, 3.63) is 0 Å². The Labute approximate surface area is 101 Å². The van der Waals surface area contributed by atoms with Gasteiger partial charge in [0.1, 0.15) is 0 Å². The number of rotatable bonds is 2. The molecular weight excluding hydrogens is 244 g/mol. The lowest BCUT2D eigenvalue weighted by Gasteiger charge is -2.12. The summed E-state index contributed by atoms with van der Waals surface area (Å²) < 4.78 is 9.06. The van der Waals surface area contributed by atoms with Crippen LogP contribution in [-0.2, 0) is 28.7 Å². The first-order chi connectivity index (χ1) is 8.49. The molecule has 2 rings (SSSR count). The van der Waals surface area contributed by atoms with Crippen LogP contribution in [0.3, 0.4) is 0 Å². The lowest BCUT2D eigenvalue weighted by molar-refractivity contribution is -0.138. The standard InChI is InChI=1S/C11H10O7/c12-5-1-2-6(13)9(5)17-11(16)18-10-7(14)3-4-8(10)15/h9-10H,1-4H2. The van der Waals surface area contributed by atoms with Crippen LogP contribution >= 0.6 is 0 Å². The number of carbonyl (C=O) groups excluding carboxylic acids is 5. The van der Waals surface area contributed by atoms with Gasteiger partial charge in [0, 0.05) is 25.7 Å². The summed E-state index contributed by atoms with van der Waals surface area (Å²) in [7, 11) is 0. The molecule has 0 bridgehead atoms. The molecule has 7 heteroatoms. The number of ketones is 4. The van der Waals surface area contributed by atoms with Gasteiger partial charge < -0.3 is 9.47 Å². The molecule has 0 spiro atoms. The van der Waals surface area contributed by atoms with E-state index in [1.807, 2.05) is 0 Å². The molecule has 0 aliphatic heterocycles. The molecule has 0 aromatic heterocycles. The fourth-order valence-electron chi connectivity index (χ4n) is 1.86. The molecule has 0 atom stereocenters. The summed E-state index contributed by atoms with van der Waals surface area (Å²) in [4.78, 5) is 56.1. The normalized spacial score (nSPS) is 21.8. The largest absolute Gasteiger partial charge is 0.510 e. The molecular formula is C11H10O7. The van der Waals surface area contributed by atoms with Gasteiger partial charge in [-0.25, -0.2) is 4.79 Å². The predicted octanol–water partition coefficient (Wildman–Crippen LogP) is -0.259. The van der Waals surface area contributed by atoms with E-state index in [-0.39, 0.29) is 25.7 Å². The molecule has 2 aliphatic rings. The Morgan fingerprint density at radius 3 is 1.28 bits per heavy atom. The number of hydrogen-bond donors (Lipinski definition) is 0. The van der Waals surface area contributed by atoms with Crippen molar-refractivity contribution < 1.29 is 33.4 Å². The Morgan fingerprint density at radius 1 is 0.722 bits per heavy atom.